The summed E-state index contributed by atoms with van der Waals surface area (Å²) in [7, 11) is 0. The number of carbonyl (C=O) groups excluding carboxylic acids is 4. The number of carboxylic acid groups (broad SMARTS) is 1. The van der Waals surface area contributed by atoms with Gasteiger partial charge in [-0.05, 0) is 32.2 Å². The number of carboxylic acids is 1. The van der Waals surface area contributed by atoms with Crippen LogP contribution in [0.3, 0.4) is 0 Å². The maximum atomic E-state index is 12.4. The van der Waals surface area contributed by atoms with Crippen molar-refractivity contribution in [2.45, 2.75) is 56.7 Å². The lowest BCUT2D eigenvalue weighted by molar-refractivity contribution is -0.142. The molecule has 0 heterocycles. The van der Waals surface area contributed by atoms with Crippen LogP contribution in [0.2, 0.25) is 0 Å². The second-order valence-electron chi connectivity index (χ2n) is 6.03. The molecule has 3 unspecified atom stereocenters. The van der Waals surface area contributed by atoms with Crippen LogP contribution in [0.15, 0.2) is 0 Å². The van der Waals surface area contributed by atoms with E-state index in [9.17, 15) is 24.0 Å². The van der Waals surface area contributed by atoms with Crippen LogP contribution >= 0.6 is 0 Å². The molecule has 3 atom stereocenters. The number of primary amides is 2. The summed E-state index contributed by atoms with van der Waals surface area (Å²) < 4.78 is 0. The normalized spacial score (nSPS) is 13.9. The Labute approximate surface area is 156 Å². The molecule has 12 heteroatoms. The van der Waals surface area contributed by atoms with Gasteiger partial charge in [0.1, 0.15) is 12.1 Å². The molecule has 4 amide bonds. The average Bonchev–Trinajstić information content (AvgIpc) is 2.56. The molecule has 0 aliphatic carbocycles. The third-order valence-electron chi connectivity index (χ3n) is 3.63. The Kier molecular flexibility index (Phi) is 11.3. The van der Waals surface area contributed by atoms with Gasteiger partial charge in [-0.25, -0.2) is 4.79 Å². The van der Waals surface area contributed by atoms with E-state index in [-0.39, 0.29) is 19.3 Å². The van der Waals surface area contributed by atoms with Crippen molar-refractivity contribution >= 4 is 29.6 Å². The molecule has 0 aromatic rings. The van der Waals surface area contributed by atoms with E-state index in [1.165, 1.54) is 0 Å². The van der Waals surface area contributed by atoms with Gasteiger partial charge < -0.3 is 38.7 Å². The Morgan fingerprint density at radius 3 is 1.93 bits per heavy atom. The van der Waals surface area contributed by atoms with Crippen molar-refractivity contribution in [1.29, 1.82) is 0 Å². The highest BCUT2D eigenvalue weighted by Gasteiger charge is 2.28. The van der Waals surface area contributed by atoms with E-state index < -0.39 is 54.1 Å². The zero-order chi connectivity index (χ0) is 21.0. The van der Waals surface area contributed by atoms with Crippen LogP contribution < -0.4 is 33.6 Å². The minimum atomic E-state index is -1.35. The molecule has 0 radical (unpaired) electrons. The number of unbranched alkanes of at least 4 members (excludes halogenated alkanes) is 1. The second-order valence-corrected chi connectivity index (χ2v) is 6.03. The van der Waals surface area contributed by atoms with Gasteiger partial charge in [0.2, 0.25) is 23.6 Å². The van der Waals surface area contributed by atoms with Gasteiger partial charge in [0, 0.05) is 6.42 Å². The summed E-state index contributed by atoms with van der Waals surface area (Å²) in [6, 6.07) is -3.67. The molecule has 11 N–H and O–H groups in total. The van der Waals surface area contributed by atoms with Gasteiger partial charge >= 0.3 is 5.97 Å². The molecule has 0 rings (SSSR count). The molecule has 0 saturated carbocycles. The smallest absolute Gasteiger partial charge is 0.326 e. The van der Waals surface area contributed by atoms with E-state index in [1.807, 2.05) is 0 Å². The summed E-state index contributed by atoms with van der Waals surface area (Å²) in [5.41, 5.74) is 20.9. The van der Waals surface area contributed by atoms with Crippen LogP contribution in [0.5, 0.6) is 0 Å². The zero-order valence-electron chi connectivity index (χ0n) is 15.0. The van der Waals surface area contributed by atoms with Gasteiger partial charge in [0.25, 0.3) is 0 Å². The Morgan fingerprint density at radius 2 is 1.44 bits per heavy atom. The Bertz CT molecular complexity index is 555. The van der Waals surface area contributed by atoms with Crippen molar-refractivity contribution in [1.82, 2.24) is 10.6 Å². The van der Waals surface area contributed by atoms with Crippen molar-refractivity contribution in [3.05, 3.63) is 0 Å². The first kappa shape index (κ1) is 24.3. The van der Waals surface area contributed by atoms with Crippen molar-refractivity contribution in [2.75, 3.05) is 6.54 Å². The van der Waals surface area contributed by atoms with Crippen LogP contribution in [0.4, 0.5) is 0 Å². The number of nitrogens with one attached hydrogen (secondary N) is 2. The lowest BCUT2D eigenvalue weighted by Gasteiger charge is -2.22. The number of rotatable bonds is 14. The lowest BCUT2D eigenvalue weighted by Crippen LogP contribution is -2.55. The van der Waals surface area contributed by atoms with Crippen LogP contribution in [-0.4, -0.2) is 59.4 Å². The predicted octanol–water partition coefficient (Wildman–Crippen LogP) is -3.36. The zero-order valence-corrected chi connectivity index (χ0v) is 15.0. The third kappa shape index (κ3) is 10.8. The Hall–Kier alpha value is -2.73. The minimum Gasteiger partial charge on any atom is -0.480 e. The molecule has 0 aliphatic heterocycles. The predicted molar refractivity (Wildman–Crippen MR) is 94.6 cm³/mol. The molecule has 154 valence electrons. The maximum Gasteiger partial charge on any atom is 0.326 e. The molecule has 27 heavy (non-hydrogen) atoms. The minimum absolute atomic E-state index is 0.181. The van der Waals surface area contributed by atoms with Gasteiger partial charge in [-0.1, -0.05) is 0 Å². The first-order valence-electron chi connectivity index (χ1n) is 8.44. The van der Waals surface area contributed by atoms with E-state index in [1.54, 1.807) is 0 Å². The van der Waals surface area contributed by atoms with Gasteiger partial charge in [-0.15, -0.1) is 0 Å². The van der Waals surface area contributed by atoms with Gasteiger partial charge in [0.15, 0.2) is 0 Å². The average molecular weight is 388 g/mol. The molecule has 0 fully saturated rings. The van der Waals surface area contributed by atoms with E-state index in [0.29, 0.717) is 19.4 Å². The highest BCUT2D eigenvalue weighted by molar-refractivity contribution is 5.93. The third-order valence-corrected chi connectivity index (χ3v) is 3.63. The van der Waals surface area contributed by atoms with Crippen LogP contribution in [-0.2, 0) is 24.0 Å². The molecular weight excluding hydrogens is 360 g/mol. The Balaban J connectivity index is 5.03. The summed E-state index contributed by atoms with van der Waals surface area (Å²) in [4.78, 5) is 57.4. The number of amides is 4. The fourth-order valence-corrected chi connectivity index (χ4v) is 2.17. The molecule has 0 bridgehead atoms. The fraction of sp³-hybridized carbons (Fsp3) is 0.667. The second kappa shape index (κ2) is 12.6. The number of aliphatic carboxylic acids is 1. The molecule has 0 aliphatic rings. The van der Waals surface area contributed by atoms with E-state index in [4.69, 9.17) is 28.0 Å². The SMILES string of the molecule is NCCCCC(NC(=O)C(N)CC(N)=O)C(=O)NC(CCC(N)=O)C(=O)O. The lowest BCUT2D eigenvalue weighted by atomic mass is 10.1. The van der Waals surface area contributed by atoms with Crippen molar-refractivity contribution in [3.8, 4) is 0 Å². The number of carbonyl (C=O) groups is 5. The summed E-state index contributed by atoms with van der Waals surface area (Å²) in [6.07, 6.45) is 0.418. The summed E-state index contributed by atoms with van der Waals surface area (Å²) >= 11 is 0. The summed E-state index contributed by atoms with van der Waals surface area (Å²) in [6.45, 7) is 0.375. The highest BCUT2D eigenvalue weighted by atomic mass is 16.4. The number of hydrogen-bond donors (Lipinski definition) is 7. The van der Waals surface area contributed by atoms with Crippen LogP contribution in [0.25, 0.3) is 0 Å². The standard InChI is InChI=1S/C15H28N6O6/c16-6-2-1-3-9(20-13(24)8(17)7-12(19)23)14(25)21-10(15(26)27)4-5-11(18)22/h8-10H,1-7,16-17H2,(H2,18,22)(H2,19,23)(H,20,24)(H,21,25)(H,26,27). The van der Waals surface area contributed by atoms with E-state index in [0.717, 1.165) is 0 Å². The summed E-state index contributed by atoms with van der Waals surface area (Å²) in [5, 5.41) is 13.8. The number of nitrogens with two attached hydrogens (primary N) is 4. The molecule has 0 spiro atoms. The van der Waals surface area contributed by atoms with Gasteiger partial charge in [-0.3, -0.25) is 19.2 Å². The van der Waals surface area contributed by atoms with E-state index in [2.05, 4.69) is 10.6 Å². The van der Waals surface area contributed by atoms with Crippen molar-refractivity contribution in [2.24, 2.45) is 22.9 Å². The monoisotopic (exact) mass is 388 g/mol. The molecule has 0 aromatic carbocycles. The van der Waals surface area contributed by atoms with Gasteiger partial charge in [-0.2, -0.15) is 0 Å². The molecular formula is C15H28N6O6. The summed E-state index contributed by atoms with van der Waals surface area (Å²) in [5.74, 6) is -4.36. The Morgan fingerprint density at radius 1 is 0.852 bits per heavy atom. The largest absolute Gasteiger partial charge is 0.480 e. The quantitative estimate of drug-likeness (QED) is 0.148. The van der Waals surface area contributed by atoms with Crippen molar-refractivity contribution < 1.29 is 29.1 Å². The van der Waals surface area contributed by atoms with E-state index >= 15 is 0 Å². The molecule has 0 aromatic heterocycles. The first-order chi connectivity index (χ1) is 12.6. The highest BCUT2D eigenvalue weighted by Crippen LogP contribution is 2.05. The number of hydrogen-bond acceptors (Lipinski definition) is 7. The molecule has 0 saturated heterocycles. The maximum absolute atomic E-state index is 12.4. The molecule has 12 nitrogen and oxygen atoms in total. The fourth-order valence-electron chi connectivity index (χ4n) is 2.17. The van der Waals surface area contributed by atoms with Crippen LogP contribution in [0.1, 0.15) is 38.5 Å². The van der Waals surface area contributed by atoms with Crippen molar-refractivity contribution in [3.63, 3.8) is 0 Å². The van der Waals surface area contributed by atoms with Crippen LogP contribution in [0, 0.1) is 0 Å². The topological polar surface area (TPSA) is 234 Å². The van der Waals surface area contributed by atoms with Gasteiger partial charge in [0.05, 0.1) is 12.5 Å². The first-order valence-corrected chi connectivity index (χ1v) is 8.44.